The summed E-state index contributed by atoms with van der Waals surface area (Å²) in [5.41, 5.74) is 0. The van der Waals surface area contributed by atoms with E-state index in [2.05, 4.69) is 48.5 Å². The Labute approximate surface area is 198 Å². The Bertz CT molecular complexity index is 322. The molecule has 0 saturated heterocycles. The monoisotopic (exact) mass is 456 g/mol. The molecule has 0 aliphatic heterocycles. The van der Waals surface area contributed by atoms with E-state index in [9.17, 15) is 0 Å². The first-order valence-corrected chi connectivity index (χ1v) is 16.6. The topological polar surface area (TPSA) is 18.5 Å². The maximum atomic E-state index is 6.83. The van der Waals surface area contributed by atoms with Crippen LogP contribution < -0.4 is 0 Å². The third-order valence-electron chi connectivity index (χ3n) is 6.58. The van der Waals surface area contributed by atoms with E-state index in [0.29, 0.717) is 0 Å². The minimum absolute atomic E-state index is 0.777. The Hall–Kier alpha value is 0.137. The number of unbranched alkanes of at least 4 members (excludes halogenated alkanes) is 6. The van der Waals surface area contributed by atoms with Gasteiger partial charge in [0.25, 0.3) is 0 Å². The lowest BCUT2D eigenvalue weighted by atomic mass is 10.1. The van der Waals surface area contributed by atoms with Gasteiger partial charge in [-0.2, -0.15) is 0 Å². The van der Waals surface area contributed by atoms with Crippen LogP contribution in [0.4, 0.5) is 0 Å². The summed E-state index contributed by atoms with van der Waals surface area (Å²) < 4.78 is 12.5. The van der Waals surface area contributed by atoms with Crippen LogP contribution in [-0.2, 0) is 9.16 Å². The molecule has 0 radical (unpaired) electrons. The molecule has 188 valence electrons. The van der Waals surface area contributed by atoms with Gasteiger partial charge in [0.05, 0.1) is 13.2 Å². The quantitative estimate of drug-likeness (QED) is 0.112. The van der Waals surface area contributed by atoms with Crippen molar-refractivity contribution in [1.82, 2.24) is 0 Å². The van der Waals surface area contributed by atoms with Crippen molar-refractivity contribution < 1.29 is 9.16 Å². The van der Waals surface area contributed by atoms with Crippen LogP contribution in [0.5, 0.6) is 0 Å². The molecule has 0 aliphatic rings. The molecule has 0 fully saturated rings. The molecule has 0 aliphatic carbocycles. The van der Waals surface area contributed by atoms with E-state index in [1.165, 1.54) is 95.2 Å². The van der Waals surface area contributed by atoms with Gasteiger partial charge in [-0.3, -0.25) is 0 Å². The molecule has 0 bridgehead atoms. The molecule has 0 unspecified atom stereocenters. The second-order valence-electron chi connectivity index (χ2n) is 11.2. The van der Waals surface area contributed by atoms with Gasteiger partial charge in [0.15, 0.2) is 8.32 Å². The molecular formula is C28H60O2Si. The van der Waals surface area contributed by atoms with Gasteiger partial charge in [0.2, 0.25) is 0 Å². The highest BCUT2D eigenvalue weighted by Gasteiger charge is 2.33. The predicted molar refractivity (Wildman–Crippen MR) is 143 cm³/mol. The van der Waals surface area contributed by atoms with Crippen LogP contribution in [0.3, 0.4) is 0 Å². The molecule has 0 N–H and O–H groups in total. The summed E-state index contributed by atoms with van der Waals surface area (Å²) in [5.74, 6) is 2.52. The Morgan fingerprint density at radius 3 is 1.23 bits per heavy atom. The lowest BCUT2D eigenvalue weighted by molar-refractivity contribution is 0.105. The molecule has 0 amide bonds. The summed E-state index contributed by atoms with van der Waals surface area (Å²) in [5, 5.41) is 0. The molecular weight excluding hydrogens is 396 g/mol. The molecule has 0 aromatic heterocycles. The van der Waals surface area contributed by atoms with Crippen LogP contribution in [0.25, 0.3) is 0 Å². The summed E-state index contributed by atoms with van der Waals surface area (Å²) in [4.78, 5) is 0. The summed E-state index contributed by atoms with van der Waals surface area (Å²) >= 11 is 0. The zero-order valence-corrected chi connectivity index (χ0v) is 23.8. The number of ether oxygens (including phenoxy) is 1. The second-order valence-corrected chi connectivity index (χ2v) is 15.4. The van der Waals surface area contributed by atoms with Gasteiger partial charge in [0.1, 0.15) is 0 Å². The van der Waals surface area contributed by atoms with Gasteiger partial charge in [-0.1, -0.05) is 119 Å². The molecule has 0 rings (SSSR count). The van der Waals surface area contributed by atoms with Crippen molar-refractivity contribution in [2.75, 3.05) is 19.8 Å². The molecule has 0 spiro atoms. The zero-order chi connectivity index (χ0) is 23.4. The normalized spacial score (nSPS) is 12.6. The first-order valence-electron chi connectivity index (χ1n) is 14.0. The lowest BCUT2D eigenvalue weighted by Crippen LogP contribution is -2.39. The highest BCUT2D eigenvalue weighted by Crippen LogP contribution is 2.31. The summed E-state index contributed by atoms with van der Waals surface area (Å²) in [6, 6.07) is 4.14. The minimum atomic E-state index is -1.66. The van der Waals surface area contributed by atoms with Crippen molar-refractivity contribution in [3.63, 3.8) is 0 Å². The third-order valence-corrected chi connectivity index (χ3v) is 11.2. The predicted octanol–water partition coefficient (Wildman–Crippen LogP) is 9.63. The number of rotatable bonds is 23. The standard InChI is InChI=1S/C28H60O2Si/c1-8-29-21-22-30-31(23-15-9-12-18-26(2)3,24-16-10-13-19-27(4)5)25-17-11-14-20-28(6)7/h26-28H,8-25H2,1-7H3. The number of hydrogen-bond donors (Lipinski definition) is 0. The smallest absolute Gasteiger partial charge is 0.192 e. The molecule has 2 nitrogen and oxygen atoms in total. The van der Waals surface area contributed by atoms with Crippen LogP contribution in [0.1, 0.15) is 126 Å². The molecule has 0 aromatic rings. The van der Waals surface area contributed by atoms with Gasteiger partial charge in [-0.25, -0.2) is 0 Å². The first-order chi connectivity index (χ1) is 14.8. The summed E-state index contributed by atoms with van der Waals surface area (Å²) in [6.45, 7) is 18.6. The third kappa shape index (κ3) is 20.5. The van der Waals surface area contributed by atoms with Crippen molar-refractivity contribution in [2.45, 2.75) is 144 Å². The SMILES string of the molecule is CCOCCO[Si](CCCCCC(C)C)(CCCCCC(C)C)CCCCCC(C)C. The van der Waals surface area contributed by atoms with E-state index in [-0.39, 0.29) is 0 Å². The van der Waals surface area contributed by atoms with Crippen molar-refractivity contribution in [1.29, 1.82) is 0 Å². The number of hydrogen-bond acceptors (Lipinski definition) is 2. The molecule has 3 heteroatoms. The maximum Gasteiger partial charge on any atom is 0.192 e. The molecule has 0 heterocycles. The fraction of sp³-hybridized carbons (Fsp3) is 1.00. The van der Waals surface area contributed by atoms with Crippen molar-refractivity contribution in [3.8, 4) is 0 Å². The summed E-state index contributed by atoms with van der Waals surface area (Å²) in [7, 11) is -1.66. The fourth-order valence-electron chi connectivity index (χ4n) is 4.58. The van der Waals surface area contributed by atoms with Crippen LogP contribution >= 0.6 is 0 Å². The Morgan fingerprint density at radius 1 is 0.516 bits per heavy atom. The Kier molecular flexibility index (Phi) is 20.8. The molecule has 0 aromatic carbocycles. The maximum absolute atomic E-state index is 6.83. The highest BCUT2D eigenvalue weighted by atomic mass is 28.4. The van der Waals surface area contributed by atoms with Crippen LogP contribution in [0.2, 0.25) is 18.1 Å². The van der Waals surface area contributed by atoms with Crippen LogP contribution in [0.15, 0.2) is 0 Å². The Balaban J connectivity index is 4.79. The fourth-order valence-corrected chi connectivity index (χ4v) is 8.96. The average molecular weight is 457 g/mol. The van der Waals surface area contributed by atoms with E-state index in [4.69, 9.17) is 9.16 Å². The lowest BCUT2D eigenvalue weighted by Gasteiger charge is -2.32. The van der Waals surface area contributed by atoms with E-state index in [0.717, 1.165) is 37.6 Å². The largest absolute Gasteiger partial charge is 0.414 e. The van der Waals surface area contributed by atoms with E-state index >= 15 is 0 Å². The minimum Gasteiger partial charge on any atom is -0.414 e. The summed E-state index contributed by atoms with van der Waals surface area (Å²) in [6.07, 6.45) is 16.6. The molecule has 0 saturated carbocycles. The van der Waals surface area contributed by atoms with Gasteiger partial charge >= 0.3 is 0 Å². The van der Waals surface area contributed by atoms with Gasteiger partial charge < -0.3 is 9.16 Å². The molecule has 0 atom stereocenters. The van der Waals surface area contributed by atoms with Crippen molar-refractivity contribution in [3.05, 3.63) is 0 Å². The van der Waals surface area contributed by atoms with Crippen LogP contribution in [-0.4, -0.2) is 28.1 Å². The Morgan fingerprint density at radius 2 is 0.903 bits per heavy atom. The van der Waals surface area contributed by atoms with E-state index in [1.807, 2.05) is 0 Å². The van der Waals surface area contributed by atoms with Gasteiger partial charge in [-0.15, -0.1) is 0 Å². The van der Waals surface area contributed by atoms with Crippen molar-refractivity contribution in [2.24, 2.45) is 17.8 Å². The van der Waals surface area contributed by atoms with Crippen LogP contribution in [0, 0.1) is 17.8 Å². The highest BCUT2D eigenvalue weighted by molar-refractivity contribution is 6.73. The molecule has 31 heavy (non-hydrogen) atoms. The second kappa shape index (κ2) is 20.7. The van der Waals surface area contributed by atoms with Gasteiger partial charge in [-0.05, 0) is 42.8 Å². The van der Waals surface area contributed by atoms with Crippen molar-refractivity contribution >= 4 is 8.32 Å². The van der Waals surface area contributed by atoms with E-state index in [1.54, 1.807) is 0 Å². The van der Waals surface area contributed by atoms with Gasteiger partial charge in [0, 0.05) is 6.61 Å². The first kappa shape index (κ1) is 31.1. The van der Waals surface area contributed by atoms with E-state index < -0.39 is 8.32 Å². The zero-order valence-electron chi connectivity index (χ0n) is 22.8. The average Bonchev–Trinajstić information content (AvgIpc) is 2.69.